The normalized spacial score (nSPS) is 9.83. The minimum absolute atomic E-state index is 0.435. The van der Waals surface area contributed by atoms with Crippen molar-refractivity contribution >= 4 is 11.6 Å². The molecule has 4 heteroatoms. The lowest BCUT2D eigenvalue weighted by Gasteiger charge is -2.03. The quantitative estimate of drug-likeness (QED) is 0.532. The molecule has 0 saturated carbocycles. The van der Waals surface area contributed by atoms with E-state index in [0.29, 0.717) is 24.2 Å². The zero-order valence-corrected chi connectivity index (χ0v) is 7.54. The second-order valence-electron chi connectivity index (χ2n) is 2.14. The average Bonchev–Trinajstić information content (AvgIpc) is 2.05. The Labute approximate surface area is 76.3 Å². The molecular weight excluding hydrogens is 178 g/mol. The molecule has 3 nitrogen and oxygen atoms in total. The van der Waals surface area contributed by atoms with Gasteiger partial charge in [-0.15, -0.1) is 0 Å². The summed E-state index contributed by atoms with van der Waals surface area (Å²) in [5, 5.41) is 0.435. The van der Waals surface area contributed by atoms with Crippen molar-refractivity contribution < 1.29 is 9.47 Å². The Bertz CT molecular complexity index is 242. The van der Waals surface area contributed by atoms with Crippen LogP contribution in [0.15, 0.2) is 18.2 Å². The second-order valence-corrected chi connectivity index (χ2v) is 2.53. The van der Waals surface area contributed by atoms with Crippen LogP contribution in [0.3, 0.4) is 0 Å². The van der Waals surface area contributed by atoms with Crippen LogP contribution in [0.5, 0.6) is 5.88 Å². The van der Waals surface area contributed by atoms with Crippen LogP contribution in [0.4, 0.5) is 0 Å². The smallest absolute Gasteiger partial charge is 0.214 e. The van der Waals surface area contributed by atoms with Crippen LogP contribution >= 0.6 is 11.6 Å². The lowest BCUT2D eigenvalue weighted by molar-refractivity contribution is 0.144. The van der Waals surface area contributed by atoms with Crippen LogP contribution in [0, 0.1) is 0 Å². The van der Waals surface area contributed by atoms with Crippen molar-refractivity contribution in [2.45, 2.75) is 0 Å². The van der Waals surface area contributed by atoms with Gasteiger partial charge in [0.05, 0.1) is 6.61 Å². The molecule has 0 radical (unpaired) electrons. The fraction of sp³-hybridized carbons (Fsp3) is 0.375. The van der Waals surface area contributed by atoms with E-state index in [-0.39, 0.29) is 0 Å². The summed E-state index contributed by atoms with van der Waals surface area (Å²) in [6.07, 6.45) is 0. The highest BCUT2D eigenvalue weighted by atomic mass is 35.5. The first kappa shape index (κ1) is 9.29. The van der Waals surface area contributed by atoms with E-state index in [1.54, 1.807) is 25.3 Å². The minimum atomic E-state index is 0.435. The summed E-state index contributed by atoms with van der Waals surface area (Å²) in [5.41, 5.74) is 0. The third kappa shape index (κ3) is 3.07. The molecule has 1 heterocycles. The molecule has 0 spiro atoms. The maximum atomic E-state index is 5.64. The Hall–Kier alpha value is -0.800. The number of hydrogen-bond donors (Lipinski definition) is 0. The average molecular weight is 188 g/mol. The van der Waals surface area contributed by atoms with E-state index in [0.717, 1.165) is 0 Å². The Morgan fingerprint density at radius 2 is 2.25 bits per heavy atom. The first-order valence-electron chi connectivity index (χ1n) is 3.57. The van der Waals surface area contributed by atoms with E-state index in [2.05, 4.69) is 4.98 Å². The third-order valence-corrected chi connectivity index (χ3v) is 1.44. The largest absolute Gasteiger partial charge is 0.475 e. The Morgan fingerprint density at radius 3 is 2.92 bits per heavy atom. The number of rotatable bonds is 4. The summed E-state index contributed by atoms with van der Waals surface area (Å²) in [5.74, 6) is 0.527. The fourth-order valence-corrected chi connectivity index (χ4v) is 0.856. The molecule has 12 heavy (non-hydrogen) atoms. The van der Waals surface area contributed by atoms with Crippen LogP contribution in [-0.4, -0.2) is 25.3 Å². The highest BCUT2D eigenvalue weighted by molar-refractivity contribution is 6.29. The van der Waals surface area contributed by atoms with Gasteiger partial charge in [0.15, 0.2) is 0 Å². The predicted molar refractivity (Wildman–Crippen MR) is 46.6 cm³/mol. The number of aromatic nitrogens is 1. The molecule has 0 aliphatic heterocycles. The first-order valence-corrected chi connectivity index (χ1v) is 3.95. The van der Waals surface area contributed by atoms with Gasteiger partial charge >= 0.3 is 0 Å². The highest BCUT2D eigenvalue weighted by Gasteiger charge is 1.94. The number of pyridine rings is 1. The summed E-state index contributed by atoms with van der Waals surface area (Å²) in [7, 11) is 1.62. The lowest BCUT2D eigenvalue weighted by atomic mass is 10.5. The SMILES string of the molecule is COCCOc1cccc(Cl)n1. The maximum Gasteiger partial charge on any atom is 0.214 e. The summed E-state index contributed by atoms with van der Waals surface area (Å²) < 4.78 is 10.0. The van der Waals surface area contributed by atoms with Crippen LogP contribution < -0.4 is 4.74 Å². The van der Waals surface area contributed by atoms with Gasteiger partial charge in [-0.1, -0.05) is 17.7 Å². The lowest BCUT2D eigenvalue weighted by Crippen LogP contribution is -2.05. The van der Waals surface area contributed by atoms with Gasteiger partial charge in [-0.2, -0.15) is 0 Å². The molecule has 66 valence electrons. The van der Waals surface area contributed by atoms with Gasteiger partial charge in [0, 0.05) is 13.2 Å². The predicted octanol–water partition coefficient (Wildman–Crippen LogP) is 1.76. The topological polar surface area (TPSA) is 31.4 Å². The number of methoxy groups -OCH3 is 1. The van der Waals surface area contributed by atoms with Crippen molar-refractivity contribution in [1.29, 1.82) is 0 Å². The van der Waals surface area contributed by atoms with Crippen LogP contribution in [0.1, 0.15) is 0 Å². The van der Waals surface area contributed by atoms with Crippen LogP contribution in [-0.2, 0) is 4.74 Å². The molecule has 0 bridgehead atoms. The van der Waals surface area contributed by atoms with E-state index in [4.69, 9.17) is 21.1 Å². The molecule has 0 fully saturated rings. The maximum absolute atomic E-state index is 5.64. The number of hydrogen-bond acceptors (Lipinski definition) is 3. The minimum Gasteiger partial charge on any atom is -0.475 e. The van der Waals surface area contributed by atoms with Gasteiger partial charge in [-0.25, -0.2) is 4.98 Å². The molecule has 0 N–H and O–H groups in total. The summed E-state index contributed by atoms with van der Waals surface area (Å²) in [6, 6.07) is 5.24. The standard InChI is InChI=1S/C8H10ClNO2/c1-11-5-6-12-8-4-2-3-7(9)10-8/h2-4H,5-6H2,1H3. The van der Waals surface area contributed by atoms with Crippen molar-refractivity contribution in [3.05, 3.63) is 23.4 Å². The van der Waals surface area contributed by atoms with Gasteiger partial charge < -0.3 is 9.47 Å². The number of halogens is 1. The van der Waals surface area contributed by atoms with Crippen molar-refractivity contribution in [1.82, 2.24) is 4.98 Å². The monoisotopic (exact) mass is 187 g/mol. The zero-order chi connectivity index (χ0) is 8.81. The third-order valence-electron chi connectivity index (χ3n) is 1.23. The van der Waals surface area contributed by atoms with E-state index in [1.165, 1.54) is 0 Å². The number of nitrogens with zero attached hydrogens (tertiary/aromatic N) is 1. The van der Waals surface area contributed by atoms with Crippen LogP contribution in [0.25, 0.3) is 0 Å². The van der Waals surface area contributed by atoms with Gasteiger partial charge in [-0.3, -0.25) is 0 Å². The summed E-state index contributed by atoms with van der Waals surface area (Å²) in [4.78, 5) is 3.93. The molecule has 0 unspecified atom stereocenters. The van der Waals surface area contributed by atoms with E-state index < -0.39 is 0 Å². The van der Waals surface area contributed by atoms with E-state index in [9.17, 15) is 0 Å². The molecule has 0 saturated heterocycles. The summed E-state index contributed by atoms with van der Waals surface area (Å²) in [6.45, 7) is 1.04. The summed E-state index contributed by atoms with van der Waals surface area (Å²) >= 11 is 5.64. The Kier molecular flexibility index (Phi) is 3.84. The first-order chi connectivity index (χ1) is 5.83. The molecule has 1 aromatic heterocycles. The molecule has 0 atom stereocenters. The molecular formula is C8H10ClNO2. The van der Waals surface area contributed by atoms with Crippen molar-refractivity contribution in [3.8, 4) is 5.88 Å². The molecule has 1 rings (SSSR count). The highest BCUT2D eigenvalue weighted by Crippen LogP contribution is 2.10. The molecule has 1 aromatic rings. The zero-order valence-electron chi connectivity index (χ0n) is 6.79. The van der Waals surface area contributed by atoms with Gasteiger partial charge in [-0.05, 0) is 6.07 Å². The van der Waals surface area contributed by atoms with Crippen molar-refractivity contribution in [2.75, 3.05) is 20.3 Å². The molecule has 0 amide bonds. The van der Waals surface area contributed by atoms with Crippen LogP contribution in [0.2, 0.25) is 5.15 Å². The van der Waals surface area contributed by atoms with Crippen molar-refractivity contribution in [2.24, 2.45) is 0 Å². The molecule has 0 aliphatic carbocycles. The van der Waals surface area contributed by atoms with Gasteiger partial charge in [0.2, 0.25) is 5.88 Å². The molecule has 0 aliphatic rings. The van der Waals surface area contributed by atoms with E-state index in [1.807, 2.05) is 0 Å². The molecule has 0 aromatic carbocycles. The van der Waals surface area contributed by atoms with E-state index >= 15 is 0 Å². The van der Waals surface area contributed by atoms with Gasteiger partial charge in [0.1, 0.15) is 11.8 Å². The van der Waals surface area contributed by atoms with Gasteiger partial charge in [0.25, 0.3) is 0 Å². The number of ether oxygens (including phenoxy) is 2. The second kappa shape index (κ2) is 4.95. The fourth-order valence-electron chi connectivity index (χ4n) is 0.700. The Morgan fingerprint density at radius 1 is 1.42 bits per heavy atom. The Balaban J connectivity index is 2.41. The van der Waals surface area contributed by atoms with Crippen molar-refractivity contribution in [3.63, 3.8) is 0 Å².